The lowest BCUT2D eigenvalue weighted by Crippen LogP contribution is -2.46. The maximum Gasteiger partial charge on any atom is 0.344 e. The highest BCUT2D eigenvalue weighted by Gasteiger charge is 2.24. The minimum atomic E-state index is -0.749. The molecule has 1 heterocycles. The van der Waals surface area contributed by atoms with Crippen molar-refractivity contribution < 1.29 is 23.6 Å². The SMILES string of the molecule is COC(=O)c1cc(N2CCN(c3ccc(OC)c(F)c3)CC2)ccc1[N+](=O)[O-]. The maximum absolute atomic E-state index is 13.9. The topological polar surface area (TPSA) is 85.2 Å². The van der Waals surface area contributed by atoms with Crippen LogP contribution in [0.25, 0.3) is 0 Å². The molecule has 1 aliphatic rings. The number of hydrogen-bond donors (Lipinski definition) is 0. The van der Waals surface area contributed by atoms with Crippen LogP contribution in [0.15, 0.2) is 36.4 Å². The van der Waals surface area contributed by atoms with Crippen molar-refractivity contribution in [2.24, 2.45) is 0 Å². The van der Waals surface area contributed by atoms with Gasteiger partial charge in [-0.2, -0.15) is 0 Å². The van der Waals surface area contributed by atoms with Crippen molar-refractivity contribution in [2.75, 3.05) is 50.2 Å². The number of nitro benzene ring substituents is 1. The van der Waals surface area contributed by atoms with Gasteiger partial charge >= 0.3 is 5.97 Å². The van der Waals surface area contributed by atoms with Crippen LogP contribution in [0.3, 0.4) is 0 Å². The number of nitro groups is 1. The molecule has 8 nitrogen and oxygen atoms in total. The molecule has 2 aromatic carbocycles. The Kier molecular flexibility index (Phi) is 5.62. The Morgan fingerprint density at radius 2 is 1.61 bits per heavy atom. The average Bonchev–Trinajstić information content (AvgIpc) is 2.72. The second-order valence-electron chi connectivity index (χ2n) is 6.24. The third kappa shape index (κ3) is 3.83. The second-order valence-corrected chi connectivity index (χ2v) is 6.24. The Bertz CT molecular complexity index is 897. The number of hydrogen-bond acceptors (Lipinski definition) is 7. The summed E-state index contributed by atoms with van der Waals surface area (Å²) in [6.07, 6.45) is 0. The number of benzene rings is 2. The molecule has 1 fully saturated rings. The minimum absolute atomic E-state index is 0.0790. The summed E-state index contributed by atoms with van der Waals surface area (Å²) < 4.78 is 23.5. The first kappa shape index (κ1) is 19.4. The fraction of sp³-hybridized carbons (Fsp3) is 0.316. The van der Waals surface area contributed by atoms with E-state index >= 15 is 0 Å². The van der Waals surface area contributed by atoms with Crippen molar-refractivity contribution in [3.63, 3.8) is 0 Å². The largest absolute Gasteiger partial charge is 0.494 e. The summed E-state index contributed by atoms with van der Waals surface area (Å²) in [5.74, 6) is -0.968. The van der Waals surface area contributed by atoms with E-state index in [1.807, 2.05) is 9.80 Å². The van der Waals surface area contributed by atoms with Crippen LogP contribution in [0.2, 0.25) is 0 Å². The van der Waals surface area contributed by atoms with Crippen molar-refractivity contribution in [3.8, 4) is 5.75 Å². The number of methoxy groups -OCH3 is 2. The van der Waals surface area contributed by atoms with Crippen LogP contribution < -0.4 is 14.5 Å². The van der Waals surface area contributed by atoms with Crippen molar-refractivity contribution >= 4 is 23.0 Å². The Hall–Kier alpha value is -3.36. The van der Waals surface area contributed by atoms with Crippen LogP contribution in [-0.2, 0) is 4.74 Å². The van der Waals surface area contributed by atoms with Crippen LogP contribution >= 0.6 is 0 Å². The number of esters is 1. The van der Waals surface area contributed by atoms with E-state index in [-0.39, 0.29) is 17.0 Å². The second kappa shape index (κ2) is 8.12. The molecule has 3 rings (SSSR count). The summed E-state index contributed by atoms with van der Waals surface area (Å²) in [5.41, 5.74) is 1.09. The number of anilines is 2. The first-order valence-electron chi connectivity index (χ1n) is 8.64. The number of carbonyl (C=O) groups is 1. The fourth-order valence-corrected chi connectivity index (χ4v) is 3.23. The fourth-order valence-electron chi connectivity index (χ4n) is 3.23. The zero-order valence-corrected chi connectivity index (χ0v) is 15.6. The van der Waals surface area contributed by atoms with Gasteiger partial charge in [0.15, 0.2) is 11.6 Å². The third-order valence-corrected chi connectivity index (χ3v) is 4.73. The molecule has 28 heavy (non-hydrogen) atoms. The number of piperazine rings is 1. The summed E-state index contributed by atoms with van der Waals surface area (Å²) in [7, 11) is 2.61. The van der Waals surface area contributed by atoms with Crippen molar-refractivity contribution in [1.29, 1.82) is 0 Å². The molecule has 0 radical (unpaired) electrons. The number of rotatable bonds is 5. The van der Waals surface area contributed by atoms with E-state index in [0.29, 0.717) is 31.9 Å². The van der Waals surface area contributed by atoms with Gasteiger partial charge < -0.3 is 19.3 Å². The molecule has 0 unspecified atom stereocenters. The molecule has 1 saturated heterocycles. The van der Waals surface area contributed by atoms with Gasteiger partial charge in [0.2, 0.25) is 0 Å². The third-order valence-electron chi connectivity index (χ3n) is 4.73. The van der Waals surface area contributed by atoms with E-state index in [1.165, 1.54) is 32.4 Å². The molecule has 0 atom stereocenters. The molecule has 148 valence electrons. The Balaban J connectivity index is 1.75. The Morgan fingerprint density at radius 3 is 2.11 bits per heavy atom. The van der Waals surface area contributed by atoms with Gasteiger partial charge in [0.05, 0.1) is 19.1 Å². The number of halogens is 1. The van der Waals surface area contributed by atoms with E-state index in [9.17, 15) is 19.3 Å². The lowest BCUT2D eigenvalue weighted by molar-refractivity contribution is -0.385. The van der Waals surface area contributed by atoms with Gasteiger partial charge in [-0.05, 0) is 24.3 Å². The van der Waals surface area contributed by atoms with Crippen molar-refractivity contribution in [2.45, 2.75) is 0 Å². The quantitative estimate of drug-likeness (QED) is 0.442. The highest BCUT2D eigenvalue weighted by atomic mass is 19.1. The lowest BCUT2D eigenvalue weighted by atomic mass is 10.1. The van der Waals surface area contributed by atoms with Crippen LogP contribution in [0, 0.1) is 15.9 Å². The number of carbonyl (C=O) groups excluding carboxylic acids is 1. The van der Waals surface area contributed by atoms with Crippen LogP contribution in [0.1, 0.15) is 10.4 Å². The maximum atomic E-state index is 13.9. The molecule has 2 aromatic rings. The summed E-state index contributed by atoms with van der Waals surface area (Å²) in [6.45, 7) is 2.50. The van der Waals surface area contributed by atoms with Crippen LogP contribution in [0.5, 0.6) is 5.75 Å². The molecular weight excluding hydrogens is 369 g/mol. The zero-order chi connectivity index (χ0) is 20.3. The molecule has 0 N–H and O–H groups in total. The first-order chi connectivity index (χ1) is 13.4. The van der Waals surface area contributed by atoms with Gasteiger partial charge in [-0.15, -0.1) is 0 Å². The van der Waals surface area contributed by atoms with E-state index in [0.717, 1.165) is 5.69 Å². The summed E-state index contributed by atoms with van der Waals surface area (Å²) in [6, 6.07) is 9.25. The van der Waals surface area contributed by atoms with E-state index < -0.39 is 16.7 Å². The van der Waals surface area contributed by atoms with E-state index in [2.05, 4.69) is 4.74 Å². The van der Waals surface area contributed by atoms with E-state index in [1.54, 1.807) is 18.2 Å². The van der Waals surface area contributed by atoms with Crippen molar-refractivity contribution in [3.05, 3.63) is 57.9 Å². The zero-order valence-electron chi connectivity index (χ0n) is 15.6. The molecule has 1 aliphatic heterocycles. The predicted octanol–water partition coefficient (Wildman–Crippen LogP) is 2.86. The highest BCUT2D eigenvalue weighted by molar-refractivity contribution is 5.95. The molecule has 0 aromatic heterocycles. The molecule has 0 aliphatic carbocycles. The summed E-state index contributed by atoms with van der Waals surface area (Å²) in [5, 5.41) is 11.1. The predicted molar refractivity (Wildman–Crippen MR) is 102 cm³/mol. The summed E-state index contributed by atoms with van der Waals surface area (Å²) in [4.78, 5) is 26.5. The first-order valence-corrected chi connectivity index (χ1v) is 8.64. The molecular formula is C19H20FN3O5. The summed E-state index contributed by atoms with van der Waals surface area (Å²) >= 11 is 0. The van der Waals surface area contributed by atoms with Gasteiger partial charge in [-0.3, -0.25) is 10.1 Å². The Labute approximate surface area is 161 Å². The van der Waals surface area contributed by atoms with Crippen LogP contribution in [-0.4, -0.2) is 51.3 Å². The molecule has 0 spiro atoms. The van der Waals surface area contributed by atoms with Gasteiger partial charge in [0.25, 0.3) is 5.69 Å². The lowest BCUT2D eigenvalue weighted by Gasteiger charge is -2.37. The highest BCUT2D eigenvalue weighted by Crippen LogP contribution is 2.28. The standard InChI is InChI=1S/C19H20FN3O5/c1-27-18-6-4-14(12-16(18)20)22-9-7-21(8-10-22)13-3-5-17(23(25)26)15(11-13)19(24)28-2/h3-6,11-12H,7-10H2,1-2H3. The van der Waals surface area contributed by atoms with Gasteiger partial charge in [0.1, 0.15) is 5.56 Å². The molecule has 0 saturated carbocycles. The van der Waals surface area contributed by atoms with Crippen LogP contribution in [0.4, 0.5) is 21.5 Å². The monoisotopic (exact) mass is 389 g/mol. The normalized spacial score (nSPS) is 14.0. The van der Waals surface area contributed by atoms with Gasteiger partial charge in [-0.1, -0.05) is 0 Å². The molecule has 0 amide bonds. The Morgan fingerprint density at radius 1 is 1.04 bits per heavy atom. The van der Waals surface area contributed by atoms with Gasteiger partial charge in [-0.25, -0.2) is 9.18 Å². The number of nitrogens with zero attached hydrogens (tertiary/aromatic N) is 3. The molecule has 9 heteroatoms. The number of ether oxygens (including phenoxy) is 2. The van der Waals surface area contributed by atoms with Gasteiger partial charge in [0, 0.05) is 49.7 Å². The smallest absolute Gasteiger partial charge is 0.344 e. The molecule has 0 bridgehead atoms. The average molecular weight is 389 g/mol. The van der Waals surface area contributed by atoms with Crippen molar-refractivity contribution in [1.82, 2.24) is 0 Å². The van der Waals surface area contributed by atoms with E-state index in [4.69, 9.17) is 4.74 Å². The minimum Gasteiger partial charge on any atom is -0.494 e.